The van der Waals surface area contributed by atoms with Crippen LogP contribution < -0.4 is 5.32 Å². The first-order chi connectivity index (χ1) is 10.8. The normalized spacial score (nSPS) is 13.5. The van der Waals surface area contributed by atoms with Gasteiger partial charge in [0, 0.05) is 29.9 Å². The van der Waals surface area contributed by atoms with Crippen LogP contribution >= 0.6 is 0 Å². The van der Waals surface area contributed by atoms with Gasteiger partial charge in [0.2, 0.25) is 0 Å². The lowest BCUT2D eigenvalue weighted by atomic mass is 10.1. The fraction of sp³-hybridized carbons (Fsp3) is 0.471. The van der Waals surface area contributed by atoms with Crippen LogP contribution in [-0.2, 0) is 6.18 Å². The zero-order valence-electron chi connectivity index (χ0n) is 13.6. The molecule has 1 aromatic carbocycles. The molecular weight excluding hydrogens is 303 g/mol. The van der Waals surface area contributed by atoms with Crippen molar-refractivity contribution in [2.24, 2.45) is 0 Å². The van der Waals surface area contributed by atoms with Gasteiger partial charge in [0.1, 0.15) is 0 Å². The highest BCUT2D eigenvalue weighted by atomic mass is 19.4. The Balaban J connectivity index is 2.24. The number of halogens is 3. The van der Waals surface area contributed by atoms with Crippen molar-refractivity contribution in [1.82, 2.24) is 9.88 Å². The number of rotatable bonds is 6. The molecule has 1 heterocycles. The zero-order valence-corrected chi connectivity index (χ0v) is 13.6. The number of aromatic nitrogens is 1. The number of pyridine rings is 1. The quantitative estimate of drug-likeness (QED) is 0.853. The molecule has 1 N–H and O–H groups in total. The number of nitrogens with one attached hydrogen (secondary N) is 1. The van der Waals surface area contributed by atoms with Crippen LogP contribution in [0.1, 0.15) is 26.3 Å². The third-order valence-corrected chi connectivity index (χ3v) is 3.90. The molecule has 0 radical (unpaired) electrons. The Bertz CT molecular complexity index is 651. The smallest absolute Gasteiger partial charge is 0.381 e. The molecule has 0 unspecified atom stereocenters. The van der Waals surface area contributed by atoms with E-state index in [0.29, 0.717) is 10.9 Å². The number of nitrogens with zero attached hydrogens (tertiary/aromatic N) is 2. The second-order valence-electron chi connectivity index (χ2n) is 5.62. The van der Waals surface area contributed by atoms with Crippen molar-refractivity contribution in [3.05, 3.63) is 36.0 Å². The van der Waals surface area contributed by atoms with Gasteiger partial charge in [0.15, 0.2) is 0 Å². The average molecular weight is 325 g/mol. The van der Waals surface area contributed by atoms with Gasteiger partial charge in [-0.1, -0.05) is 19.9 Å². The van der Waals surface area contributed by atoms with Gasteiger partial charge in [-0.15, -0.1) is 0 Å². The molecule has 0 amide bonds. The van der Waals surface area contributed by atoms with Crippen LogP contribution in [0.25, 0.3) is 10.9 Å². The van der Waals surface area contributed by atoms with E-state index >= 15 is 0 Å². The Morgan fingerprint density at radius 2 is 1.87 bits per heavy atom. The van der Waals surface area contributed by atoms with E-state index in [1.165, 1.54) is 12.3 Å². The number of hydrogen-bond donors (Lipinski definition) is 1. The Kier molecular flexibility index (Phi) is 5.46. The van der Waals surface area contributed by atoms with Crippen molar-refractivity contribution in [3.63, 3.8) is 0 Å². The lowest BCUT2D eigenvalue weighted by Crippen LogP contribution is -2.34. The number of hydrogen-bond acceptors (Lipinski definition) is 3. The highest BCUT2D eigenvalue weighted by molar-refractivity contribution is 5.91. The Morgan fingerprint density at radius 3 is 2.48 bits per heavy atom. The van der Waals surface area contributed by atoms with Gasteiger partial charge < -0.3 is 10.2 Å². The van der Waals surface area contributed by atoms with E-state index in [-0.39, 0.29) is 6.04 Å². The Hall–Kier alpha value is -1.82. The summed E-state index contributed by atoms with van der Waals surface area (Å²) in [4.78, 5) is 6.36. The molecule has 23 heavy (non-hydrogen) atoms. The van der Waals surface area contributed by atoms with E-state index in [1.807, 2.05) is 0 Å². The highest BCUT2D eigenvalue weighted by Gasteiger charge is 2.30. The molecule has 0 bridgehead atoms. The monoisotopic (exact) mass is 325 g/mol. The van der Waals surface area contributed by atoms with E-state index in [2.05, 4.69) is 36.0 Å². The second kappa shape index (κ2) is 7.17. The Labute approximate surface area is 134 Å². The lowest BCUT2D eigenvalue weighted by Gasteiger charge is -2.24. The lowest BCUT2D eigenvalue weighted by molar-refractivity contribution is -0.137. The zero-order chi connectivity index (χ0) is 17.0. The third kappa shape index (κ3) is 4.34. The first-order valence-electron chi connectivity index (χ1n) is 7.80. The van der Waals surface area contributed by atoms with E-state index in [9.17, 15) is 13.2 Å². The van der Waals surface area contributed by atoms with Crippen LogP contribution in [0.5, 0.6) is 0 Å². The molecule has 0 aliphatic rings. The number of anilines is 1. The van der Waals surface area contributed by atoms with Crippen molar-refractivity contribution in [1.29, 1.82) is 0 Å². The van der Waals surface area contributed by atoms with Crippen LogP contribution in [-0.4, -0.2) is 35.6 Å². The minimum absolute atomic E-state index is 0.183. The van der Waals surface area contributed by atoms with Gasteiger partial charge in [0.25, 0.3) is 0 Å². The van der Waals surface area contributed by atoms with Crippen LogP contribution in [0.2, 0.25) is 0 Å². The van der Waals surface area contributed by atoms with Crippen molar-refractivity contribution in [3.8, 4) is 0 Å². The van der Waals surface area contributed by atoms with Crippen molar-refractivity contribution in [2.45, 2.75) is 33.0 Å². The van der Waals surface area contributed by atoms with Gasteiger partial charge in [0.05, 0.1) is 11.1 Å². The van der Waals surface area contributed by atoms with Crippen molar-refractivity contribution >= 4 is 16.6 Å². The molecule has 0 saturated heterocycles. The van der Waals surface area contributed by atoms with Gasteiger partial charge in [-0.05, 0) is 38.2 Å². The van der Waals surface area contributed by atoms with E-state index < -0.39 is 11.7 Å². The standard InChI is InChI=1S/C17H22F3N3/c1-4-23(5-2)11-12(3)22-15-8-9-21-16-10-13(17(18,19)20)6-7-14(15)16/h6-10,12H,4-5,11H2,1-3H3,(H,21,22)/t12-/m0/s1. The maximum absolute atomic E-state index is 12.8. The van der Waals surface area contributed by atoms with Gasteiger partial charge in [-0.2, -0.15) is 13.2 Å². The molecule has 1 aromatic heterocycles. The van der Waals surface area contributed by atoms with E-state index in [1.54, 1.807) is 6.07 Å². The van der Waals surface area contributed by atoms with Crippen molar-refractivity contribution in [2.75, 3.05) is 25.0 Å². The molecule has 2 aromatic rings. The minimum atomic E-state index is -4.35. The number of likely N-dealkylation sites (N-methyl/N-ethyl adjacent to an activating group) is 1. The largest absolute Gasteiger partial charge is 0.416 e. The summed E-state index contributed by atoms with van der Waals surface area (Å²) in [5, 5.41) is 4.08. The summed E-state index contributed by atoms with van der Waals surface area (Å²) in [5.74, 6) is 0. The molecule has 126 valence electrons. The predicted octanol–water partition coefficient (Wildman–Crippen LogP) is 4.40. The van der Waals surface area contributed by atoms with Gasteiger partial charge >= 0.3 is 6.18 Å². The van der Waals surface area contributed by atoms with Crippen LogP contribution in [0.4, 0.5) is 18.9 Å². The van der Waals surface area contributed by atoms with Crippen molar-refractivity contribution < 1.29 is 13.2 Å². The SMILES string of the molecule is CCN(CC)C[C@H](C)Nc1ccnc2cc(C(F)(F)F)ccc12. The molecule has 1 atom stereocenters. The first kappa shape index (κ1) is 17.5. The average Bonchev–Trinajstić information content (AvgIpc) is 2.51. The van der Waals surface area contributed by atoms with E-state index in [0.717, 1.165) is 37.5 Å². The Morgan fingerprint density at radius 1 is 1.17 bits per heavy atom. The molecule has 0 saturated carbocycles. The number of alkyl halides is 3. The summed E-state index contributed by atoms with van der Waals surface area (Å²) in [6, 6.07) is 5.66. The van der Waals surface area contributed by atoms with Crippen LogP contribution in [0.15, 0.2) is 30.5 Å². The van der Waals surface area contributed by atoms with Crippen LogP contribution in [0.3, 0.4) is 0 Å². The second-order valence-corrected chi connectivity index (χ2v) is 5.62. The summed E-state index contributed by atoms with van der Waals surface area (Å²) in [6.45, 7) is 9.09. The highest BCUT2D eigenvalue weighted by Crippen LogP contribution is 2.32. The molecule has 0 aliphatic heterocycles. The molecule has 6 heteroatoms. The summed E-state index contributed by atoms with van der Waals surface area (Å²) >= 11 is 0. The molecule has 0 aliphatic carbocycles. The fourth-order valence-electron chi connectivity index (χ4n) is 2.63. The fourth-order valence-corrected chi connectivity index (χ4v) is 2.63. The summed E-state index contributed by atoms with van der Waals surface area (Å²) < 4.78 is 38.4. The molecular formula is C17H22F3N3. The maximum atomic E-state index is 12.8. The number of fused-ring (bicyclic) bond motifs is 1. The van der Waals surface area contributed by atoms with Gasteiger partial charge in [-0.3, -0.25) is 4.98 Å². The number of benzene rings is 1. The third-order valence-electron chi connectivity index (χ3n) is 3.90. The topological polar surface area (TPSA) is 28.2 Å². The first-order valence-corrected chi connectivity index (χ1v) is 7.80. The predicted molar refractivity (Wildman–Crippen MR) is 87.6 cm³/mol. The molecule has 3 nitrogen and oxygen atoms in total. The molecule has 0 fully saturated rings. The maximum Gasteiger partial charge on any atom is 0.416 e. The van der Waals surface area contributed by atoms with E-state index in [4.69, 9.17) is 0 Å². The summed E-state index contributed by atoms with van der Waals surface area (Å²) in [6.07, 6.45) is -2.82. The minimum Gasteiger partial charge on any atom is -0.381 e. The summed E-state index contributed by atoms with van der Waals surface area (Å²) in [5.41, 5.74) is 0.481. The van der Waals surface area contributed by atoms with Gasteiger partial charge in [-0.25, -0.2) is 0 Å². The summed E-state index contributed by atoms with van der Waals surface area (Å²) in [7, 11) is 0. The molecule has 0 spiro atoms. The van der Waals surface area contributed by atoms with Crippen LogP contribution in [0, 0.1) is 0 Å². The molecule has 2 rings (SSSR count).